The molecule has 0 aliphatic carbocycles. The van der Waals surface area contributed by atoms with Crippen LogP contribution in [0.25, 0.3) is 0 Å². The average molecular weight is 624 g/mol. The molecule has 3 amide bonds. The number of benzene rings is 1. The van der Waals surface area contributed by atoms with Crippen molar-refractivity contribution in [2.75, 3.05) is 37.8 Å². The van der Waals surface area contributed by atoms with Crippen LogP contribution in [-0.4, -0.2) is 85.4 Å². The zero-order valence-electron chi connectivity index (χ0n) is 20.1. The second-order valence-electron chi connectivity index (χ2n) is 10.2. The summed E-state index contributed by atoms with van der Waals surface area (Å²) in [5.74, 6) is 2.16. The van der Waals surface area contributed by atoms with Gasteiger partial charge in [-0.05, 0) is 59.1 Å². The van der Waals surface area contributed by atoms with Crippen molar-refractivity contribution in [1.82, 2.24) is 20.4 Å². The van der Waals surface area contributed by atoms with Crippen molar-refractivity contribution in [3.8, 4) is 0 Å². The molecule has 0 radical (unpaired) electrons. The number of likely N-dealkylation sites (N-methyl/N-ethyl adjacent to an activating group) is 1. The predicted molar refractivity (Wildman–Crippen MR) is 148 cm³/mol. The van der Waals surface area contributed by atoms with E-state index < -0.39 is 19.5 Å². The van der Waals surface area contributed by atoms with Gasteiger partial charge in [0.1, 0.15) is 11.8 Å². The minimum Gasteiger partial charge on any atom is -0.615 e. The molecule has 5 aliphatic heterocycles. The largest absolute Gasteiger partial charge is 0.615 e. The Morgan fingerprint density at radius 2 is 2.00 bits per heavy atom. The van der Waals surface area contributed by atoms with Crippen LogP contribution in [0.15, 0.2) is 34.3 Å². The summed E-state index contributed by atoms with van der Waals surface area (Å²) in [4.78, 5) is 38.3. The fourth-order valence-electron chi connectivity index (χ4n) is 6.00. The van der Waals surface area contributed by atoms with Crippen molar-refractivity contribution in [2.24, 2.45) is 9.98 Å². The monoisotopic (exact) mass is 623 g/mol. The van der Waals surface area contributed by atoms with Crippen LogP contribution in [0.2, 0.25) is 0 Å². The topological polar surface area (TPSA) is 124 Å². The molecule has 5 heterocycles. The maximum atomic E-state index is 13.1. The van der Waals surface area contributed by atoms with Crippen LogP contribution in [0.3, 0.4) is 0 Å². The van der Waals surface area contributed by atoms with E-state index in [2.05, 4.69) is 49.5 Å². The van der Waals surface area contributed by atoms with Gasteiger partial charge < -0.3 is 30.3 Å². The van der Waals surface area contributed by atoms with E-state index in [0.29, 0.717) is 37.8 Å². The van der Waals surface area contributed by atoms with Crippen molar-refractivity contribution >= 4 is 63.2 Å². The summed E-state index contributed by atoms with van der Waals surface area (Å²) >= 11 is 1.22. The second kappa shape index (κ2) is 9.05. The number of nitrogens with one attached hydrogen (secondary N) is 3. The summed E-state index contributed by atoms with van der Waals surface area (Å²) in [5, 5.41) is 9.69. The molecule has 192 valence electrons. The number of carbonyl (C=O) groups excluding carboxylic acids is 2. The summed E-state index contributed by atoms with van der Waals surface area (Å²) in [6, 6.07) is 7.78. The van der Waals surface area contributed by atoms with E-state index in [1.165, 1.54) is 0 Å². The van der Waals surface area contributed by atoms with Crippen LogP contribution in [0, 0.1) is 0 Å². The molecule has 12 heteroatoms. The van der Waals surface area contributed by atoms with Gasteiger partial charge in [-0.15, -0.1) is 0 Å². The van der Waals surface area contributed by atoms with Gasteiger partial charge >= 0.3 is 6.03 Å². The number of urea groups is 1. The van der Waals surface area contributed by atoms with E-state index in [0.717, 1.165) is 42.8 Å². The van der Waals surface area contributed by atoms with Crippen molar-refractivity contribution in [1.29, 1.82) is 0 Å². The lowest BCUT2D eigenvalue weighted by molar-refractivity contribution is -0.132. The number of fused-ring (bicyclic) bond motifs is 3. The van der Waals surface area contributed by atoms with Crippen LogP contribution in [-0.2, 0) is 21.5 Å². The second-order valence-corrected chi connectivity index (χ2v) is 14.4. The zero-order chi connectivity index (χ0) is 25.1. The number of likely N-dealkylation sites (tertiary alicyclic amines) is 2. The minimum absolute atomic E-state index is 0.0711. The van der Waals surface area contributed by atoms with E-state index in [9.17, 15) is 14.1 Å². The van der Waals surface area contributed by atoms with Crippen LogP contribution in [0.1, 0.15) is 37.7 Å². The van der Waals surface area contributed by atoms with E-state index >= 15 is 0 Å². The molecule has 6 rings (SSSR count). The van der Waals surface area contributed by atoms with Crippen molar-refractivity contribution < 1.29 is 14.1 Å². The van der Waals surface area contributed by atoms with E-state index in [1.54, 1.807) is 4.90 Å². The molecule has 3 saturated heterocycles. The normalized spacial score (nSPS) is 33.2. The first-order valence-electron chi connectivity index (χ1n) is 12.5. The molecule has 0 saturated carbocycles. The van der Waals surface area contributed by atoms with Gasteiger partial charge in [0.25, 0.3) is 2.75 Å². The van der Waals surface area contributed by atoms with E-state index in [1.807, 2.05) is 25.2 Å². The number of alkyl halides is 1. The highest BCUT2D eigenvalue weighted by Gasteiger charge is 2.59. The highest BCUT2D eigenvalue weighted by atomic mass is 127. The SMILES string of the molecule is CN1C[C@@H](NC2=NC(N3CCC4(CC3)NC(=O)Nc3ccccc34)=NC3CC[S+]([O-])[C@]23I)CCC1=O. The molecule has 0 bridgehead atoms. The number of anilines is 1. The molecular formula is C24H30IN7O3S. The van der Waals surface area contributed by atoms with Gasteiger partial charge in [0, 0.05) is 56.8 Å². The predicted octanol–water partition coefficient (Wildman–Crippen LogP) is 1.74. The summed E-state index contributed by atoms with van der Waals surface area (Å²) < 4.78 is 12.5. The number of para-hydroxylation sites is 1. The summed E-state index contributed by atoms with van der Waals surface area (Å²) in [6.45, 7) is 2.01. The first-order chi connectivity index (χ1) is 17.3. The third-order valence-electron chi connectivity index (χ3n) is 8.05. The Morgan fingerprint density at radius 3 is 2.78 bits per heavy atom. The summed E-state index contributed by atoms with van der Waals surface area (Å²) in [7, 11) is 1.82. The third kappa shape index (κ3) is 3.95. The van der Waals surface area contributed by atoms with Gasteiger partial charge in [0.2, 0.25) is 11.9 Å². The Bertz CT molecular complexity index is 1150. The Hall–Kier alpha value is -2.06. The Kier molecular flexibility index (Phi) is 6.10. The van der Waals surface area contributed by atoms with Gasteiger partial charge in [-0.25, -0.2) is 9.79 Å². The minimum atomic E-state index is -1.08. The number of amidine groups is 1. The van der Waals surface area contributed by atoms with Gasteiger partial charge in [-0.3, -0.25) is 4.79 Å². The number of rotatable bonds is 1. The maximum Gasteiger partial charge on any atom is 0.319 e. The van der Waals surface area contributed by atoms with Gasteiger partial charge in [0.15, 0.2) is 5.84 Å². The summed E-state index contributed by atoms with van der Waals surface area (Å²) in [5.41, 5.74) is 1.58. The number of nitrogens with zero attached hydrogens (tertiary/aromatic N) is 4. The van der Waals surface area contributed by atoms with Crippen LogP contribution < -0.4 is 16.0 Å². The molecule has 3 N–H and O–H groups in total. The molecule has 1 spiro atoms. The van der Waals surface area contributed by atoms with Crippen LogP contribution in [0.5, 0.6) is 0 Å². The quantitative estimate of drug-likeness (QED) is 0.250. The number of piperidine rings is 2. The standard InChI is InChI=1S/C24H30IN7O3S/c1-31-14-15(6-7-19(31)33)26-20-24(25)18(8-13-36(24)35)28-21(29-20)32-11-9-23(10-12-32)16-4-2-3-5-17(16)27-22(34)30-23/h2-5,15,18H,6-14H2,1H3,(H,26,28,29)(H2,27,30,34)/t15-,18?,24-,36?/m0/s1. The van der Waals surface area contributed by atoms with Gasteiger partial charge in [-0.2, -0.15) is 4.99 Å². The Labute approximate surface area is 227 Å². The lowest BCUT2D eigenvalue weighted by Gasteiger charge is -2.46. The highest BCUT2D eigenvalue weighted by Crippen LogP contribution is 2.45. The smallest absolute Gasteiger partial charge is 0.319 e. The third-order valence-corrected chi connectivity index (χ3v) is 12.5. The molecule has 0 aromatic heterocycles. The fraction of sp³-hybridized carbons (Fsp3) is 0.583. The Balaban J connectivity index is 1.24. The van der Waals surface area contributed by atoms with E-state index in [4.69, 9.17) is 9.98 Å². The molecule has 1 aromatic carbocycles. The van der Waals surface area contributed by atoms with Crippen LogP contribution >= 0.6 is 22.6 Å². The molecule has 10 nitrogen and oxygen atoms in total. The molecule has 3 fully saturated rings. The molecule has 1 aromatic rings. The van der Waals surface area contributed by atoms with Gasteiger partial charge in [0.05, 0.1) is 5.54 Å². The number of hydrogen-bond acceptors (Lipinski definition) is 7. The number of halogens is 1. The van der Waals surface area contributed by atoms with Crippen molar-refractivity contribution in [3.63, 3.8) is 0 Å². The van der Waals surface area contributed by atoms with Crippen molar-refractivity contribution in [3.05, 3.63) is 29.8 Å². The zero-order valence-corrected chi connectivity index (χ0v) is 23.1. The number of carbonyl (C=O) groups is 2. The Morgan fingerprint density at radius 1 is 1.22 bits per heavy atom. The van der Waals surface area contributed by atoms with Crippen molar-refractivity contribution in [2.45, 2.75) is 52.5 Å². The lowest BCUT2D eigenvalue weighted by atomic mass is 9.79. The number of aliphatic imine (C=N–C) groups is 2. The van der Waals surface area contributed by atoms with Gasteiger partial charge in [-0.1, -0.05) is 18.2 Å². The molecule has 2 unspecified atom stereocenters. The number of guanidine groups is 1. The molecule has 5 aliphatic rings. The van der Waals surface area contributed by atoms with E-state index in [-0.39, 0.29) is 24.0 Å². The molecule has 36 heavy (non-hydrogen) atoms. The van der Waals surface area contributed by atoms with Crippen LogP contribution in [0.4, 0.5) is 10.5 Å². The fourth-order valence-corrected chi connectivity index (χ4v) is 8.92. The molecule has 4 atom stereocenters. The maximum absolute atomic E-state index is 13.1. The first-order valence-corrected chi connectivity index (χ1v) is 14.9. The number of amides is 3. The highest BCUT2D eigenvalue weighted by molar-refractivity contribution is 14.1. The lowest BCUT2D eigenvalue weighted by Crippen LogP contribution is -2.60. The first kappa shape index (κ1) is 24.3. The average Bonchev–Trinajstić information content (AvgIpc) is 3.16. The number of hydrogen-bond donors (Lipinski definition) is 3. The summed E-state index contributed by atoms with van der Waals surface area (Å²) in [6.07, 6.45) is 3.49. The molecular weight excluding hydrogens is 593 g/mol.